The molecule has 0 aromatic carbocycles. The first-order chi connectivity index (χ1) is 5.83. The highest BCUT2D eigenvalue weighted by atomic mass is 16.7. The highest BCUT2D eigenvalue weighted by Gasteiger charge is 2.33. The summed E-state index contributed by atoms with van der Waals surface area (Å²) >= 11 is 0. The molecule has 0 bridgehead atoms. The molecule has 1 saturated carbocycles. The Labute approximate surface area is 73.3 Å². The molecule has 0 heterocycles. The van der Waals surface area contributed by atoms with Crippen molar-refractivity contribution in [2.75, 3.05) is 14.2 Å². The van der Waals surface area contributed by atoms with Crippen molar-refractivity contribution >= 4 is 0 Å². The van der Waals surface area contributed by atoms with E-state index in [4.69, 9.17) is 14.7 Å². The highest BCUT2D eigenvalue weighted by molar-refractivity contribution is 4.93. The lowest BCUT2D eigenvalue weighted by Gasteiger charge is -2.22. The quantitative estimate of drug-likeness (QED) is 0.602. The molecule has 2 atom stereocenters. The van der Waals surface area contributed by atoms with E-state index in [2.05, 4.69) is 6.07 Å². The van der Waals surface area contributed by atoms with Crippen LogP contribution in [-0.2, 0) is 9.47 Å². The van der Waals surface area contributed by atoms with Crippen LogP contribution in [0.15, 0.2) is 0 Å². The molecule has 0 aromatic rings. The molecule has 3 heteroatoms. The fourth-order valence-corrected chi connectivity index (χ4v) is 1.92. The van der Waals surface area contributed by atoms with Crippen LogP contribution in [0, 0.1) is 23.2 Å². The van der Waals surface area contributed by atoms with Gasteiger partial charge in [0.2, 0.25) is 0 Å². The van der Waals surface area contributed by atoms with Gasteiger partial charge in [-0.3, -0.25) is 0 Å². The van der Waals surface area contributed by atoms with Crippen LogP contribution in [0.3, 0.4) is 0 Å². The molecule has 0 saturated heterocycles. The summed E-state index contributed by atoms with van der Waals surface area (Å²) in [5.41, 5.74) is 0. The molecule has 0 aromatic heterocycles. The summed E-state index contributed by atoms with van der Waals surface area (Å²) in [5.74, 6) is 0.389. The van der Waals surface area contributed by atoms with E-state index in [0.717, 1.165) is 19.3 Å². The molecule has 1 fully saturated rings. The van der Waals surface area contributed by atoms with Crippen molar-refractivity contribution in [3.05, 3.63) is 0 Å². The van der Waals surface area contributed by atoms with Crippen molar-refractivity contribution in [3.63, 3.8) is 0 Å². The molecule has 1 aliphatic carbocycles. The van der Waals surface area contributed by atoms with Gasteiger partial charge in [-0.15, -0.1) is 0 Å². The van der Waals surface area contributed by atoms with Crippen molar-refractivity contribution in [1.29, 1.82) is 5.26 Å². The second kappa shape index (κ2) is 4.44. The third kappa shape index (κ3) is 1.77. The number of ether oxygens (including phenoxy) is 2. The van der Waals surface area contributed by atoms with Gasteiger partial charge in [0.1, 0.15) is 0 Å². The summed E-state index contributed by atoms with van der Waals surface area (Å²) in [6.45, 7) is 0. The number of hydrogen-bond donors (Lipinski definition) is 0. The van der Waals surface area contributed by atoms with Crippen LogP contribution in [0.25, 0.3) is 0 Å². The Morgan fingerprint density at radius 1 is 1.33 bits per heavy atom. The average molecular weight is 169 g/mol. The number of rotatable bonds is 3. The zero-order valence-corrected chi connectivity index (χ0v) is 7.62. The lowest BCUT2D eigenvalue weighted by Crippen LogP contribution is -2.27. The fraction of sp³-hybridized carbons (Fsp3) is 0.889. The van der Waals surface area contributed by atoms with Gasteiger partial charge in [0.15, 0.2) is 6.29 Å². The lowest BCUT2D eigenvalue weighted by molar-refractivity contribution is -0.140. The van der Waals surface area contributed by atoms with Gasteiger partial charge in [0.25, 0.3) is 0 Å². The van der Waals surface area contributed by atoms with E-state index in [1.807, 2.05) is 0 Å². The Morgan fingerprint density at radius 3 is 2.50 bits per heavy atom. The largest absolute Gasteiger partial charge is 0.356 e. The van der Waals surface area contributed by atoms with Crippen LogP contribution in [0.2, 0.25) is 0 Å². The number of nitrogens with zero attached hydrogens (tertiary/aromatic N) is 1. The SMILES string of the molecule is COC(OC)[C@@H]1CCC[C@@H]1C#N. The second-order valence-electron chi connectivity index (χ2n) is 3.17. The summed E-state index contributed by atoms with van der Waals surface area (Å²) < 4.78 is 10.3. The molecule has 0 unspecified atom stereocenters. The summed E-state index contributed by atoms with van der Waals surface area (Å²) in [6.07, 6.45) is 2.96. The maximum absolute atomic E-state index is 8.82. The van der Waals surface area contributed by atoms with E-state index < -0.39 is 0 Å². The first-order valence-corrected chi connectivity index (χ1v) is 4.28. The number of methoxy groups -OCH3 is 2. The van der Waals surface area contributed by atoms with Gasteiger partial charge in [0.05, 0.1) is 12.0 Å². The topological polar surface area (TPSA) is 42.2 Å². The summed E-state index contributed by atoms with van der Waals surface area (Å²) in [4.78, 5) is 0. The van der Waals surface area contributed by atoms with Crippen molar-refractivity contribution in [1.82, 2.24) is 0 Å². The lowest BCUT2D eigenvalue weighted by atomic mass is 9.97. The van der Waals surface area contributed by atoms with Gasteiger partial charge in [-0.25, -0.2) is 0 Å². The van der Waals surface area contributed by atoms with Gasteiger partial charge < -0.3 is 9.47 Å². The molecule has 1 rings (SSSR count). The summed E-state index contributed by atoms with van der Waals surface area (Å²) in [7, 11) is 3.25. The van der Waals surface area contributed by atoms with Gasteiger partial charge in [0, 0.05) is 20.1 Å². The zero-order chi connectivity index (χ0) is 8.97. The van der Waals surface area contributed by atoms with Gasteiger partial charge >= 0.3 is 0 Å². The van der Waals surface area contributed by atoms with E-state index in [1.165, 1.54) is 0 Å². The van der Waals surface area contributed by atoms with E-state index in [-0.39, 0.29) is 18.1 Å². The third-order valence-electron chi connectivity index (χ3n) is 2.55. The van der Waals surface area contributed by atoms with Crippen LogP contribution < -0.4 is 0 Å². The molecular weight excluding hydrogens is 154 g/mol. The van der Waals surface area contributed by atoms with E-state index in [1.54, 1.807) is 14.2 Å². The predicted molar refractivity (Wildman–Crippen MR) is 44.3 cm³/mol. The number of nitriles is 1. The van der Waals surface area contributed by atoms with Gasteiger partial charge in [-0.05, 0) is 12.8 Å². The molecule has 0 aliphatic heterocycles. The van der Waals surface area contributed by atoms with Crippen molar-refractivity contribution in [3.8, 4) is 6.07 Å². The zero-order valence-electron chi connectivity index (χ0n) is 7.62. The Bertz CT molecular complexity index is 172. The normalized spacial score (nSPS) is 29.2. The summed E-state index contributed by atoms with van der Waals surface area (Å²) in [5, 5.41) is 8.82. The van der Waals surface area contributed by atoms with Crippen LogP contribution in [0.4, 0.5) is 0 Å². The molecule has 0 radical (unpaired) electrons. The number of hydrogen-bond acceptors (Lipinski definition) is 3. The maximum Gasteiger partial charge on any atom is 0.160 e. The van der Waals surface area contributed by atoms with E-state index >= 15 is 0 Å². The van der Waals surface area contributed by atoms with Gasteiger partial charge in [-0.1, -0.05) is 6.42 Å². The molecule has 1 aliphatic rings. The predicted octanol–water partition coefficient (Wildman–Crippen LogP) is 1.55. The average Bonchev–Trinajstić information content (AvgIpc) is 2.55. The Balaban J connectivity index is 2.54. The van der Waals surface area contributed by atoms with Crippen LogP contribution in [0.5, 0.6) is 0 Å². The summed E-state index contributed by atoms with van der Waals surface area (Å²) in [6, 6.07) is 2.30. The molecule has 68 valence electrons. The monoisotopic (exact) mass is 169 g/mol. The first kappa shape index (κ1) is 9.50. The fourth-order valence-electron chi connectivity index (χ4n) is 1.92. The second-order valence-corrected chi connectivity index (χ2v) is 3.17. The van der Waals surface area contributed by atoms with E-state index in [0.29, 0.717) is 0 Å². The smallest absolute Gasteiger partial charge is 0.160 e. The first-order valence-electron chi connectivity index (χ1n) is 4.28. The van der Waals surface area contributed by atoms with Crippen LogP contribution in [-0.4, -0.2) is 20.5 Å². The van der Waals surface area contributed by atoms with E-state index in [9.17, 15) is 0 Å². The standard InChI is InChI=1S/C9H15NO2/c1-11-9(12-2)8-5-3-4-7(8)6-10/h7-9H,3-5H2,1-2H3/t7-,8-/m1/s1. The molecule has 0 spiro atoms. The van der Waals surface area contributed by atoms with Crippen molar-refractivity contribution in [2.24, 2.45) is 11.8 Å². The Morgan fingerprint density at radius 2 is 2.00 bits per heavy atom. The van der Waals surface area contributed by atoms with Crippen molar-refractivity contribution in [2.45, 2.75) is 25.6 Å². The highest BCUT2D eigenvalue weighted by Crippen LogP contribution is 2.34. The third-order valence-corrected chi connectivity index (χ3v) is 2.55. The molecule has 0 N–H and O–H groups in total. The molecular formula is C9H15NO2. The maximum atomic E-state index is 8.82. The van der Waals surface area contributed by atoms with Gasteiger partial charge in [-0.2, -0.15) is 5.26 Å². The minimum absolute atomic E-state index is 0.120. The molecule has 3 nitrogen and oxygen atoms in total. The Hall–Kier alpha value is -0.590. The Kier molecular flexibility index (Phi) is 3.51. The molecule has 12 heavy (non-hydrogen) atoms. The minimum atomic E-state index is -0.197. The minimum Gasteiger partial charge on any atom is -0.356 e. The van der Waals surface area contributed by atoms with Crippen molar-refractivity contribution < 1.29 is 9.47 Å². The molecule has 0 amide bonds. The van der Waals surface area contributed by atoms with Crippen LogP contribution in [0.1, 0.15) is 19.3 Å². The van der Waals surface area contributed by atoms with Crippen LogP contribution >= 0.6 is 0 Å².